The highest BCUT2D eigenvalue weighted by Gasteiger charge is 2.39. The maximum atomic E-state index is 12.3. The van der Waals surface area contributed by atoms with Crippen molar-refractivity contribution in [3.8, 4) is 0 Å². The van der Waals surface area contributed by atoms with E-state index in [1.165, 1.54) is 6.92 Å². The molecule has 0 aromatic carbocycles. The van der Waals surface area contributed by atoms with E-state index in [4.69, 9.17) is 5.11 Å². The van der Waals surface area contributed by atoms with Crippen LogP contribution < -0.4 is 0 Å². The second kappa shape index (κ2) is 5.45. The molecule has 104 valence electrons. The number of carbonyl (C=O) groups is 2. The number of nitrogens with zero attached hydrogens (tertiary/aromatic N) is 2. The molecule has 1 fully saturated rings. The molecule has 1 atom stereocenters. The molecular formula is C10H15F3N2O3. The molecule has 1 heterocycles. The average Bonchev–Trinajstić information content (AvgIpc) is 2.72. The third kappa shape index (κ3) is 3.51. The van der Waals surface area contributed by atoms with Crippen molar-refractivity contribution in [1.82, 2.24) is 9.80 Å². The molecule has 0 radical (unpaired) electrons. The first-order chi connectivity index (χ1) is 8.26. The van der Waals surface area contributed by atoms with Gasteiger partial charge in [0.05, 0.1) is 0 Å². The zero-order valence-corrected chi connectivity index (χ0v) is 9.90. The number of likely N-dealkylation sites (tertiary alicyclic amines) is 1. The van der Waals surface area contributed by atoms with Crippen molar-refractivity contribution in [3.05, 3.63) is 0 Å². The van der Waals surface area contributed by atoms with Crippen LogP contribution in [0.2, 0.25) is 0 Å². The van der Waals surface area contributed by atoms with Crippen LogP contribution >= 0.6 is 0 Å². The molecule has 1 saturated heterocycles. The normalized spacial score (nSPS) is 20.0. The number of carboxylic acids is 1. The molecule has 8 heteroatoms. The van der Waals surface area contributed by atoms with Gasteiger partial charge in [0.1, 0.15) is 12.6 Å². The van der Waals surface area contributed by atoms with Crippen LogP contribution in [0.3, 0.4) is 0 Å². The van der Waals surface area contributed by atoms with Crippen LogP contribution in [0.5, 0.6) is 0 Å². The largest absolute Gasteiger partial charge is 0.480 e. The lowest BCUT2D eigenvalue weighted by Crippen LogP contribution is -2.50. The molecular weight excluding hydrogens is 253 g/mol. The van der Waals surface area contributed by atoms with Crippen molar-refractivity contribution in [2.75, 3.05) is 19.6 Å². The van der Waals surface area contributed by atoms with Gasteiger partial charge in [0.15, 0.2) is 0 Å². The molecule has 0 aromatic heterocycles. The first-order valence-corrected chi connectivity index (χ1v) is 5.61. The number of halogens is 3. The van der Waals surface area contributed by atoms with Crippen molar-refractivity contribution in [1.29, 1.82) is 0 Å². The van der Waals surface area contributed by atoms with Gasteiger partial charge in [0.25, 0.3) is 0 Å². The molecule has 1 rings (SSSR count). The van der Waals surface area contributed by atoms with Gasteiger partial charge >= 0.3 is 18.2 Å². The topological polar surface area (TPSA) is 60.9 Å². The molecule has 5 nitrogen and oxygen atoms in total. The van der Waals surface area contributed by atoms with Crippen LogP contribution in [-0.2, 0) is 4.79 Å². The Hall–Kier alpha value is -1.47. The number of alkyl halides is 3. The maximum absolute atomic E-state index is 12.3. The lowest BCUT2D eigenvalue weighted by atomic mass is 10.2. The van der Waals surface area contributed by atoms with Crippen LogP contribution in [0.15, 0.2) is 0 Å². The monoisotopic (exact) mass is 268 g/mol. The summed E-state index contributed by atoms with van der Waals surface area (Å²) in [6.07, 6.45) is -3.71. The van der Waals surface area contributed by atoms with E-state index in [9.17, 15) is 22.8 Å². The van der Waals surface area contributed by atoms with E-state index < -0.39 is 30.8 Å². The molecule has 2 amide bonds. The molecule has 0 spiro atoms. The Kier molecular flexibility index (Phi) is 4.42. The molecule has 0 aromatic rings. The van der Waals surface area contributed by atoms with Crippen molar-refractivity contribution < 1.29 is 27.9 Å². The van der Waals surface area contributed by atoms with Gasteiger partial charge in [-0.15, -0.1) is 0 Å². The summed E-state index contributed by atoms with van der Waals surface area (Å²) in [5, 5.41) is 8.88. The number of hydrogen-bond acceptors (Lipinski definition) is 2. The zero-order valence-electron chi connectivity index (χ0n) is 9.90. The van der Waals surface area contributed by atoms with Crippen LogP contribution in [0.1, 0.15) is 19.8 Å². The number of carbonyl (C=O) groups excluding carboxylic acids is 1. The Morgan fingerprint density at radius 1 is 1.44 bits per heavy atom. The number of hydrogen-bond donors (Lipinski definition) is 1. The minimum Gasteiger partial charge on any atom is -0.480 e. The molecule has 1 N–H and O–H groups in total. The second-order valence-corrected chi connectivity index (χ2v) is 4.10. The first kappa shape index (κ1) is 14.6. The van der Waals surface area contributed by atoms with Gasteiger partial charge in [-0.05, 0) is 19.8 Å². The lowest BCUT2D eigenvalue weighted by molar-refractivity contribution is -0.143. The van der Waals surface area contributed by atoms with Crippen LogP contribution in [0.4, 0.5) is 18.0 Å². The van der Waals surface area contributed by atoms with E-state index in [1.807, 2.05) is 0 Å². The quantitative estimate of drug-likeness (QED) is 0.844. The fourth-order valence-corrected chi connectivity index (χ4v) is 1.97. The highest BCUT2D eigenvalue weighted by Crippen LogP contribution is 2.22. The standard InChI is InChI=1S/C10H15F3N2O3/c1-2-14(6-10(11,12)13)9(18)15-5-3-4-7(15)8(16)17/h7H,2-6H2,1H3,(H,16,17)/t7-/m0/s1. The summed E-state index contributed by atoms with van der Waals surface area (Å²) in [4.78, 5) is 24.3. The molecule has 0 bridgehead atoms. The summed E-state index contributed by atoms with van der Waals surface area (Å²) in [7, 11) is 0. The van der Waals surface area contributed by atoms with E-state index in [1.54, 1.807) is 0 Å². The van der Waals surface area contributed by atoms with Crippen molar-refractivity contribution in [2.24, 2.45) is 0 Å². The van der Waals surface area contributed by atoms with Crippen LogP contribution in [0.25, 0.3) is 0 Å². The molecule has 0 aliphatic carbocycles. The smallest absolute Gasteiger partial charge is 0.406 e. The van der Waals surface area contributed by atoms with E-state index in [0.29, 0.717) is 11.3 Å². The molecule has 1 aliphatic heterocycles. The summed E-state index contributed by atoms with van der Waals surface area (Å²) in [6, 6.07) is -1.88. The number of urea groups is 1. The Labute approximate surface area is 102 Å². The van der Waals surface area contributed by atoms with Gasteiger partial charge in [-0.2, -0.15) is 13.2 Å². The maximum Gasteiger partial charge on any atom is 0.406 e. The first-order valence-electron chi connectivity index (χ1n) is 5.61. The van der Waals surface area contributed by atoms with Gasteiger partial charge in [-0.25, -0.2) is 9.59 Å². The molecule has 18 heavy (non-hydrogen) atoms. The highest BCUT2D eigenvalue weighted by molar-refractivity contribution is 5.83. The number of rotatable bonds is 3. The van der Waals surface area contributed by atoms with Crippen LogP contribution in [-0.4, -0.2) is 58.8 Å². The fraction of sp³-hybridized carbons (Fsp3) is 0.800. The van der Waals surface area contributed by atoms with E-state index in [2.05, 4.69) is 0 Å². The lowest BCUT2D eigenvalue weighted by Gasteiger charge is -2.30. The number of carboxylic acid groups (broad SMARTS) is 1. The van der Waals surface area contributed by atoms with Crippen molar-refractivity contribution in [2.45, 2.75) is 32.0 Å². The average molecular weight is 268 g/mol. The third-order valence-electron chi connectivity index (χ3n) is 2.81. The molecule has 1 aliphatic rings. The number of aliphatic carboxylic acids is 1. The highest BCUT2D eigenvalue weighted by atomic mass is 19.4. The van der Waals surface area contributed by atoms with Gasteiger partial charge < -0.3 is 14.9 Å². The minimum atomic E-state index is -4.48. The van der Waals surface area contributed by atoms with Crippen molar-refractivity contribution >= 4 is 12.0 Å². The third-order valence-corrected chi connectivity index (χ3v) is 2.81. The minimum absolute atomic E-state index is 0.110. The van der Waals surface area contributed by atoms with Gasteiger partial charge in [0, 0.05) is 13.1 Å². The Bertz CT molecular complexity index is 333. The summed E-state index contributed by atoms with van der Waals surface area (Å²) < 4.78 is 36.8. The van der Waals surface area contributed by atoms with E-state index in [0.717, 1.165) is 4.90 Å². The summed E-state index contributed by atoms with van der Waals surface area (Å²) >= 11 is 0. The zero-order chi connectivity index (χ0) is 13.9. The van der Waals surface area contributed by atoms with E-state index >= 15 is 0 Å². The molecule has 0 saturated carbocycles. The van der Waals surface area contributed by atoms with Gasteiger partial charge in [0.2, 0.25) is 0 Å². The van der Waals surface area contributed by atoms with Gasteiger partial charge in [-0.3, -0.25) is 0 Å². The van der Waals surface area contributed by atoms with Crippen LogP contribution in [0, 0.1) is 0 Å². The SMILES string of the molecule is CCN(CC(F)(F)F)C(=O)N1CCC[C@H]1C(=O)O. The summed E-state index contributed by atoms with van der Waals surface area (Å²) in [5.74, 6) is -1.18. The second-order valence-electron chi connectivity index (χ2n) is 4.10. The Morgan fingerprint density at radius 2 is 2.06 bits per heavy atom. The predicted molar refractivity (Wildman–Crippen MR) is 56.1 cm³/mol. The number of amides is 2. The van der Waals surface area contributed by atoms with E-state index in [-0.39, 0.29) is 19.5 Å². The fourth-order valence-electron chi connectivity index (χ4n) is 1.97. The Morgan fingerprint density at radius 3 is 2.50 bits per heavy atom. The van der Waals surface area contributed by atoms with Gasteiger partial charge in [-0.1, -0.05) is 0 Å². The predicted octanol–water partition coefficient (Wildman–Crippen LogP) is 1.54. The summed E-state index contributed by atoms with van der Waals surface area (Å²) in [5.41, 5.74) is 0. The summed E-state index contributed by atoms with van der Waals surface area (Å²) in [6.45, 7) is 0.145. The Balaban J connectivity index is 2.74. The van der Waals surface area contributed by atoms with Crippen molar-refractivity contribution in [3.63, 3.8) is 0 Å². The molecule has 0 unspecified atom stereocenters.